The Labute approximate surface area is 84.3 Å². The third kappa shape index (κ3) is 1.98. The summed E-state index contributed by atoms with van der Waals surface area (Å²) in [5.41, 5.74) is -0.818. The summed E-state index contributed by atoms with van der Waals surface area (Å²) in [7, 11) is 0. The van der Waals surface area contributed by atoms with Crippen molar-refractivity contribution in [1.29, 1.82) is 0 Å². The van der Waals surface area contributed by atoms with Crippen LogP contribution in [0.2, 0.25) is 0 Å². The minimum absolute atomic E-state index is 0.182. The molecule has 1 aromatic carbocycles. The van der Waals surface area contributed by atoms with Crippen LogP contribution >= 0.6 is 0 Å². The molecule has 0 saturated heterocycles. The summed E-state index contributed by atoms with van der Waals surface area (Å²) in [6, 6.07) is 2.38. The number of nitro benzene ring substituents is 1. The molecule has 6 nitrogen and oxygen atoms in total. The van der Waals surface area contributed by atoms with Crippen LogP contribution in [-0.2, 0) is 0 Å². The molecule has 0 atom stereocenters. The van der Waals surface area contributed by atoms with Gasteiger partial charge in [0, 0.05) is 6.07 Å². The quantitative estimate of drug-likeness (QED) is 0.461. The van der Waals surface area contributed by atoms with Crippen molar-refractivity contribution in [3.8, 4) is 0 Å². The van der Waals surface area contributed by atoms with Crippen molar-refractivity contribution in [1.82, 2.24) is 0 Å². The highest BCUT2D eigenvalue weighted by Crippen LogP contribution is 2.22. The molecule has 0 radical (unpaired) electrons. The number of aromatic carboxylic acids is 1. The van der Waals surface area contributed by atoms with E-state index in [0.29, 0.717) is 5.56 Å². The molecule has 0 amide bonds. The molecular formula is C9H7NO5. The molecule has 78 valence electrons. The number of hydrogen-bond acceptors (Lipinski definition) is 4. The van der Waals surface area contributed by atoms with Gasteiger partial charge in [-0.3, -0.25) is 14.9 Å². The Morgan fingerprint density at radius 2 is 2.13 bits per heavy atom. The van der Waals surface area contributed by atoms with Crippen LogP contribution in [0.4, 0.5) is 5.69 Å². The van der Waals surface area contributed by atoms with Gasteiger partial charge in [0.15, 0.2) is 6.29 Å². The summed E-state index contributed by atoms with van der Waals surface area (Å²) < 4.78 is 0. The molecule has 0 heterocycles. The molecule has 0 spiro atoms. The molecule has 1 aromatic rings. The number of nitro groups is 1. The lowest BCUT2D eigenvalue weighted by Gasteiger charge is -2.02. The average molecular weight is 209 g/mol. The van der Waals surface area contributed by atoms with E-state index in [1.54, 1.807) is 0 Å². The SMILES string of the molecule is Cc1cc(C(=O)O)c(C=O)c([N+](=O)[O-])c1. The van der Waals surface area contributed by atoms with Crippen molar-refractivity contribution >= 4 is 17.9 Å². The minimum Gasteiger partial charge on any atom is -0.478 e. The summed E-state index contributed by atoms with van der Waals surface area (Å²) in [6.07, 6.45) is 0.182. The number of carboxylic acid groups (broad SMARTS) is 1. The van der Waals surface area contributed by atoms with Gasteiger partial charge in [-0.2, -0.15) is 0 Å². The highest BCUT2D eigenvalue weighted by Gasteiger charge is 2.21. The fraction of sp³-hybridized carbons (Fsp3) is 0.111. The van der Waals surface area contributed by atoms with Crippen molar-refractivity contribution in [2.24, 2.45) is 0 Å². The largest absolute Gasteiger partial charge is 0.478 e. The van der Waals surface area contributed by atoms with Crippen molar-refractivity contribution < 1.29 is 19.6 Å². The Bertz CT molecular complexity index is 417. The number of aldehydes is 1. The van der Waals surface area contributed by atoms with Crippen molar-refractivity contribution in [3.05, 3.63) is 38.9 Å². The van der Waals surface area contributed by atoms with Crippen LogP contribution in [-0.4, -0.2) is 22.3 Å². The average Bonchev–Trinajstić information content (AvgIpc) is 2.16. The Morgan fingerprint density at radius 1 is 1.53 bits per heavy atom. The van der Waals surface area contributed by atoms with Crippen LogP contribution < -0.4 is 0 Å². The number of aryl methyl sites for hydroxylation is 1. The zero-order chi connectivity index (χ0) is 11.6. The first-order chi connectivity index (χ1) is 6.97. The van der Waals surface area contributed by atoms with Gasteiger partial charge >= 0.3 is 5.97 Å². The monoisotopic (exact) mass is 209 g/mol. The van der Waals surface area contributed by atoms with E-state index in [4.69, 9.17) is 5.11 Å². The standard InChI is InChI=1S/C9H7NO5/c1-5-2-6(9(12)13)7(4-11)8(3-5)10(14)15/h2-4H,1H3,(H,12,13). The molecule has 6 heteroatoms. The van der Waals surface area contributed by atoms with E-state index in [0.717, 1.165) is 6.07 Å². The van der Waals surface area contributed by atoms with Gasteiger partial charge in [0.1, 0.15) is 5.56 Å². The van der Waals surface area contributed by atoms with Gasteiger partial charge in [-0.1, -0.05) is 0 Å². The first kappa shape index (κ1) is 10.8. The Balaban J connectivity index is 3.59. The Kier molecular flexibility index (Phi) is 2.80. The van der Waals surface area contributed by atoms with Gasteiger partial charge < -0.3 is 5.11 Å². The van der Waals surface area contributed by atoms with Crippen LogP contribution in [0.15, 0.2) is 12.1 Å². The number of nitrogens with zero attached hydrogens (tertiary/aromatic N) is 1. The maximum absolute atomic E-state index is 10.7. The molecule has 0 saturated carbocycles. The van der Waals surface area contributed by atoms with E-state index in [-0.39, 0.29) is 11.8 Å². The van der Waals surface area contributed by atoms with E-state index < -0.39 is 22.1 Å². The molecule has 15 heavy (non-hydrogen) atoms. The summed E-state index contributed by atoms with van der Waals surface area (Å²) in [6.45, 7) is 1.52. The number of carbonyl (C=O) groups excluding carboxylic acids is 1. The van der Waals surface area contributed by atoms with Gasteiger partial charge in [0.05, 0.1) is 10.5 Å². The molecule has 0 unspecified atom stereocenters. The Morgan fingerprint density at radius 3 is 2.53 bits per heavy atom. The zero-order valence-electron chi connectivity index (χ0n) is 7.76. The third-order valence-corrected chi connectivity index (χ3v) is 1.85. The van der Waals surface area contributed by atoms with Gasteiger partial charge in [-0.05, 0) is 18.6 Å². The molecule has 1 N–H and O–H groups in total. The summed E-state index contributed by atoms with van der Waals surface area (Å²) in [4.78, 5) is 31.1. The fourth-order valence-corrected chi connectivity index (χ4v) is 1.23. The van der Waals surface area contributed by atoms with Crippen LogP contribution in [0, 0.1) is 17.0 Å². The van der Waals surface area contributed by atoms with Crippen molar-refractivity contribution in [2.75, 3.05) is 0 Å². The highest BCUT2D eigenvalue weighted by molar-refractivity contribution is 6.00. The maximum atomic E-state index is 10.7. The second kappa shape index (κ2) is 3.87. The maximum Gasteiger partial charge on any atom is 0.336 e. The lowest BCUT2D eigenvalue weighted by molar-refractivity contribution is -0.385. The first-order valence-electron chi connectivity index (χ1n) is 3.95. The van der Waals surface area contributed by atoms with E-state index in [9.17, 15) is 19.7 Å². The molecule has 0 bridgehead atoms. The predicted molar refractivity (Wildman–Crippen MR) is 50.2 cm³/mol. The third-order valence-electron chi connectivity index (χ3n) is 1.85. The van der Waals surface area contributed by atoms with E-state index >= 15 is 0 Å². The van der Waals surface area contributed by atoms with Gasteiger partial charge in [0.25, 0.3) is 5.69 Å². The summed E-state index contributed by atoms with van der Waals surface area (Å²) >= 11 is 0. The first-order valence-corrected chi connectivity index (χ1v) is 3.95. The molecule has 0 aliphatic carbocycles. The Hall–Kier alpha value is -2.24. The highest BCUT2D eigenvalue weighted by atomic mass is 16.6. The number of carboxylic acids is 1. The van der Waals surface area contributed by atoms with Crippen LogP contribution in [0.25, 0.3) is 0 Å². The van der Waals surface area contributed by atoms with Gasteiger partial charge in [-0.15, -0.1) is 0 Å². The topological polar surface area (TPSA) is 97.5 Å². The molecule has 0 fully saturated rings. The molecule has 0 aliphatic heterocycles. The molecule has 0 aromatic heterocycles. The molecular weight excluding hydrogens is 202 g/mol. The lowest BCUT2D eigenvalue weighted by Crippen LogP contribution is -2.06. The van der Waals surface area contributed by atoms with E-state index in [1.807, 2.05) is 0 Å². The zero-order valence-corrected chi connectivity index (χ0v) is 7.76. The van der Waals surface area contributed by atoms with E-state index in [1.165, 1.54) is 13.0 Å². The van der Waals surface area contributed by atoms with Crippen molar-refractivity contribution in [2.45, 2.75) is 6.92 Å². The lowest BCUT2D eigenvalue weighted by atomic mass is 10.0. The number of benzene rings is 1. The van der Waals surface area contributed by atoms with Crippen LogP contribution in [0.5, 0.6) is 0 Å². The minimum atomic E-state index is -1.36. The van der Waals surface area contributed by atoms with Crippen LogP contribution in [0.1, 0.15) is 26.3 Å². The molecule has 0 aliphatic rings. The van der Waals surface area contributed by atoms with Gasteiger partial charge in [0.2, 0.25) is 0 Å². The normalized spacial score (nSPS) is 9.67. The summed E-state index contributed by atoms with van der Waals surface area (Å²) in [5.74, 6) is -1.36. The number of carbonyl (C=O) groups is 2. The second-order valence-electron chi connectivity index (χ2n) is 2.93. The molecule has 1 rings (SSSR count). The second-order valence-corrected chi connectivity index (χ2v) is 2.93. The number of rotatable bonds is 3. The van der Waals surface area contributed by atoms with Crippen molar-refractivity contribution in [3.63, 3.8) is 0 Å². The van der Waals surface area contributed by atoms with Gasteiger partial charge in [-0.25, -0.2) is 4.79 Å². The predicted octanol–water partition coefficient (Wildman–Crippen LogP) is 1.41. The summed E-state index contributed by atoms with van der Waals surface area (Å²) in [5, 5.41) is 19.3. The fourth-order valence-electron chi connectivity index (χ4n) is 1.23. The smallest absolute Gasteiger partial charge is 0.336 e. The number of hydrogen-bond donors (Lipinski definition) is 1. The van der Waals surface area contributed by atoms with Crippen LogP contribution in [0.3, 0.4) is 0 Å². The van der Waals surface area contributed by atoms with E-state index in [2.05, 4.69) is 0 Å².